The Bertz CT molecular complexity index is 504. The molecule has 0 saturated carbocycles. The van der Waals surface area contributed by atoms with Gasteiger partial charge in [-0.25, -0.2) is 8.42 Å². The average Bonchev–Trinajstić information content (AvgIpc) is 2.28. The minimum atomic E-state index is -3.23. The van der Waals surface area contributed by atoms with Gasteiger partial charge in [0.15, 0.2) is 9.84 Å². The predicted molar refractivity (Wildman–Crippen MR) is 80.6 cm³/mol. The highest BCUT2D eigenvalue weighted by atomic mass is 35.5. The van der Waals surface area contributed by atoms with E-state index < -0.39 is 17.9 Å². The standard InChI is InChI=1S/C13H19ClO2SSi/c1-18(2,3)13(14)10-7-11-17(15,16)12-8-5-4-6-9-12/h4-10,13H,11H2,1-3H3/b10-7+. The highest BCUT2D eigenvalue weighted by Gasteiger charge is 2.22. The maximum absolute atomic E-state index is 12.0. The molecule has 0 N–H and O–H groups in total. The van der Waals surface area contributed by atoms with Crippen LogP contribution in [-0.2, 0) is 9.84 Å². The van der Waals surface area contributed by atoms with E-state index in [2.05, 4.69) is 19.6 Å². The Morgan fingerprint density at radius 1 is 1.22 bits per heavy atom. The molecule has 1 rings (SSSR count). The molecule has 18 heavy (non-hydrogen) atoms. The largest absolute Gasteiger partial charge is 0.223 e. The van der Waals surface area contributed by atoms with Crippen LogP contribution in [0.2, 0.25) is 19.6 Å². The first-order valence-electron chi connectivity index (χ1n) is 5.82. The molecule has 0 radical (unpaired) electrons. The summed E-state index contributed by atoms with van der Waals surface area (Å²) in [6.45, 7) is 6.46. The Kier molecular flexibility index (Phi) is 5.19. The highest BCUT2D eigenvalue weighted by Crippen LogP contribution is 2.16. The summed E-state index contributed by atoms with van der Waals surface area (Å²) in [5, 5.41) is -0.0385. The third-order valence-electron chi connectivity index (χ3n) is 2.55. The van der Waals surface area contributed by atoms with Crippen molar-refractivity contribution in [2.75, 3.05) is 5.75 Å². The van der Waals surface area contributed by atoms with Gasteiger partial charge in [0.2, 0.25) is 0 Å². The van der Waals surface area contributed by atoms with Crippen molar-refractivity contribution >= 4 is 29.5 Å². The molecule has 0 heterocycles. The highest BCUT2D eigenvalue weighted by molar-refractivity contribution is 7.91. The van der Waals surface area contributed by atoms with Crippen molar-refractivity contribution < 1.29 is 8.42 Å². The molecule has 0 spiro atoms. The van der Waals surface area contributed by atoms with Crippen LogP contribution in [0.4, 0.5) is 0 Å². The zero-order chi connectivity index (χ0) is 13.8. The van der Waals surface area contributed by atoms with Gasteiger partial charge in [0.05, 0.1) is 18.7 Å². The zero-order valence-electron chi connectivity index (χ0n) is 10.9. The van der Waals surface area contributed by atoms with Crippen molar-refractivity contribution in [1.82, 2.24) is 0 Å². The number of hydrogen-bond donors (Lipinski definition) is 0. The molecule has 0 aliphatic rings. The maximum atomic E-state index is 12.0. The third kappa shape index (κ3) is 4.59. The van der Waals surface area contributed by atoms with E-state index in [1.807, 2.05) is 6.08 Å². The number of sulfone groups is 1. The monoisotopic (exact) mass is 302 g/mol. The molecule has 2 nitrogen and oxygen atoms in total. The Hall–Kier alpha value is -0.583. The van der Waals surface area contributed by atoms with Gasteiger partial charge in [-0.05, 0) is 12.1 Å². The summed E-state index contributed by atoms with van der Waals surface area (Å²) in [7, 11) is -4.68. The summed E-state index contributed by atoms with van der Waals surface area (Å²) < 4.78 is 24.0. The van der Waals surface area contributed by atoms with Crippen molar-refractivity contribution in [2.45, 2.75) is 29.5 Å². The number of halogens is 1. The molecule has 0 saturated heterocycles. The van der Waals surface area contributed by atoms with E-state index in [0.29, 0.717) is 4.90 Å². The average molecular weight is 303 g/mol. The second-order valence-electron chi connectivity index (χ2n) is 5.29. The Morgan fingerprint density at radius 2 is 1.78 bits per heavy atom. The normalized spacial score (nSPS) is 14.9. The summed E-state index contributed by atoms with van der Waals surface area (Å²) in [5.41, 5.74) is 0. The Morgan fingerprint density at radius 3 is 2.28 bits per heavy atom. The van der Waals surface area contributed by atoms with Crippen molar-refractivity contribution in [3.05, 3.63) is 42.5 Å². The molecule has 0 bridgehead atoms. The quantitative estimate of drug-likeness (QED) is 0.474. The molecule has 5 heteroatoms. The summed E-state index contributed by atoms with van der Waals surface area (Å²) >= 11 is 6.21. The van der Waals surface area contributed by atoms with Gasteiger partial charge in [-0.1, -0.05) is 50.0 Å². The third-order valence-corrected chi connectivity index (χ3v) is 8.13. The molecule has 1 atom stereocenters. The summed E-state index contributed by atoms with van der Waals surface area (Å²) in [6, 6.07) is 8.47. The Labute approximate surface area is 116 Å². The molecular formula is C13H19ClO2SSi. The van der Waals surface area contributed by atoms with E-state index in [1.165, 1.54) is 0 Å². The molecule has 100 valence electrons. The van der Waals surface area contributed by atoms with Crippen LogP contribution in [0.25, 0.3) is 0 Å². The van der Waals surface area contributed by atoms with Gasteiger partial charge >= 0.3 is 0 Å². The fraction of sp³-hybridized carbons (Fsp3) is 0.385. The SMILES string of the molecule is C[Si](C)(C)C(Cl)/C=C/CS(=O)(=O)c1ccccc1. The van der Waals surface area contributed by atoms with Crippen molar-refractivity contribution in [3.63, 3.8) is 0 Å². The molecule has 0 aliphatic carbocycles. The molecule has 1 unspecified atom stereocenters. The lowest BCUT2D eigenvalue weighted by Crippen LogP contribution is -2.32. The molecule has 1 aromatic carbocycles. The van der Waals surface area contributed by atoms with Crippen LogP contribution < -0.4 is 0 Å². The summed E-state index contributed by atoms with van der Waals surface area (Å²) in [5.74, 6) is 0.00468. The van der Waals surface area contributed by atoms with Gasteiger partial charge in [0.1, 0.15) is 0 Å². The Balaban J connectivity index is 2.72. The van der Waals surface area contributed by atoms with Crippen molar-refractivity contribution in [2.24, 2.45) is 0 Å². The molecule has 0 aliphatic heterocycles. The van der Waals surface area contributed by atoms with Crippen LogP contribution in [0.15, 0.2) is 47.4 Å². The van der Waals surface area contributed by atoms with Gasteiger partial charge in [-0.3, -0.25) is 0 Å². The fourth-order valence-corrected chi connectivity index (χ4v) is 3.26. The van der Waals surface area contributed by atoms with Gasteiger partial charge < -0.3 is 0 Å². The first kappa shape index (κ1) is 15.5. The van der Waals surface area contributed by atoms with Crippen LogP contribution in [-0.4, -0.2) is 27.2 Å². The minimum Gasteiger partial charge on any atom is -0.223 e. The van der Waals surface area contributed by atoms with Gasteiger partial charge in [0, 0.05) is 5.00 Å². The second kappa shape index (κ2) is 6.04. The van der Waals surface area contributed by atoms with E-state index in [4.69, 9.17) is 11.6 Å². The lowest BCUT2D eigenvalue weighted by atomic mass is 10.4. The van der Waals surface area contributed by atoms with Crippen LogP contribution in [0.5, 0.6) is 0 Å². The van der Waals surface area contributed by atoms with Gasteiger partial charge in [0.25, 0.3) is 0 Å². The number of allylic oxidation sites excluding steroid dienone is 1. The van der Waals surface area contributed by atoms with E-state index in [-0.39, 0.29) is 10.8 Å². The van der Waals surface area contributed by atoms with Crippen molar-refractivity contribution in [3.8, 4) is 0 Å². The predicted octanol–water partition coefficient (Wildman–Crippen LogP) is 3.50. The number of benzene rings is 1. The molecule has 0 aromatic heterocycles. The molecule has 0 amide bonds. The van der Waals surface area contributed by atoms with Gasteiger partial charge in [-0.15, -0.1) is 11.6 Å². The first-order valence-corrected chi connectivity index (χ1v) is 11.5. The van der Waals surface area contributed by atoms with E-state index in [9.17, 15) is 8.42 Å². The topological polar surface area (TPSA) is 34.1 Å². The fourth-order valence-electron chi connectivity index (χ4n) is 1.31. The molecular weight excluding hydrogens is 284 g/mol. The van der Waals surface area contributed by atoms with Gasteiger partial charge in [-0.2, -0.15) is 0 Å². The van der Waals surface area contributed by atoms with E-state index >= 15 is 0 Å². The second-order valence-corrected chi connectivity index (χ2v) is 13.5. The summed E-state index contributed by atoms with van der Waals surface area (Å²) in [4.78, 5) is 0.355. The molecule has 0 fully saturated rings. The van der Waals surface area contributed by atoms with Crippen LogP contribution in [0.1, 0.15) is 0 Å². The summed E-state index contributed by atoms with van der Waals surface area (Å²) in [6.07, 6.45) is 3.48. The maximum Gasteiger partial charge on any atom is 0.181 e. The number of hydrogen-bond acceptors (Lipinski definition) is 2. The lowest BCUT2D eigenvalue weighted by Gasteiger charge is -2.19. The zero-order valence-corrected chi connectivity index (χ0v) is 13.5. The minimum absolute atomic E-state index is 0.00468. The van der Waals surface area contributed by atoms with Crippen LogP contribution in [0.3, 0.4) is 0 Å². The smallest absolute Gasteiger partial charge is 0.181 e. The number of rotatable bonds is 5. The lowest BCUT2D eigenvalue weighted by molar-refractivity contribution is 0.599. The van der Waals surface area contributed by atoms with Crippen LogP contribution in [0, 0.1) is 0 Å². The van der Waals surface area contributed by atoms with Crippen molar-refractivity contribution in [1.29, 1.82) is 0 Å². The van der Waals surface area contributed by atoms with E-state index in [1.54, 1.807) is 36.4 Å². The first-order chi connectivity index (χ1) is 8.23. The van der Waals surface area contributed by atoms with Crippen LogP contribution >= 0.6 is 11.6 Å². The van der Waals surface area contributed by atoms with E-state index in [0.717, 1.165) is 0 Å². The molecule has 1 aromatic rings. The number of alkyl halides is 1.